The standard InChI is InChI=1S/C71H110O12/c1-4-7-10-13-16-19-22-25-28-30-32-34-37-39-42-45-48-51-54-57-63(72)79-60-62(81-64(73)58-55-52-49-46-43-40-36-27-24-21-18-15-12-9-6-3)61-80-71-69(67(76)66(75)68(83-71)70(77)78)82-65(74)59-56-53-50-47-44-41-38-35-33-31-29-26-23-20-17-14-11-8-5-2/h7,9-10,12,16-21,25-29,32-36,39,42-43,46,62,66-69,71,75-76H,4-6,8,11,13-15,22-24,30-31,37-38,40-41,44-45,47-61H2,1-3H3,(H,77,78)/b10-7-,12-9-,19-16-,20-17-,21-18-,28-25-,29-26-,34-32-,35-33-,36-27-,42-39-,46-43-. The number of allylic oxidation sites excluding steroid dienone is 24. The van der Waals surface area contributed by atoms with Gasteiger partial charge in [-0.3, -0.25) is 14.4 Å². The highest BCUT2D eigenvalue weighted by Gasteiger charge is 2.50. The number of rotatable bonds is 52. The van der Waals surface area contributed by atoms with Gasteiger partial charge in [0.05, 0.1) is 6.61 Å². The number of carboxylic acid groups (broad SMARTS) is 1. The molecular weight excluding hydrogens is 1040 g/mol. The van der Waals surface area contributed by atoms with Crippen LogP contribution in [-0.4, -0.2) is 89.2 Å². The Morgan fingerprint density at radius 3 is 1.19 bits per heavy atom. The lowest BCUT2D eigenvalue weighted by atomic mass is 9.98. The second-order valence-corrected chi connectivity index (χ2v) is 20.9. The Kier molecular flexibility index (Phi) is 52.0. The van der Waals surface area contributed by atoms with Gasteiger partial charge in [0.25, 0.3) is 0 Å². The van der Waals surface area contributed by atoms with Crippen molar-refractivity contribution in [2.75, 3.05) is 13.2 Å². The Balaban J connectivity index is 2.73. The number of hydrogen-bond donors (Lipinski definition) is 3. The summed E-state index contributed by atoms with van der Waals surface area (Å²) in [4.78, 5) is 51.3. The molecule has 1 rings (SSSR count). The van der Waals surface area contributed by atoms with E-state index in [-0.39, 0.29) is 25.9 Å². The second kappa shape index (κ2) is 57.1. The summed E-state index contributed by atoms with van der Waals surface area (Å²) in [5, 5.41) is 31.6. The SMILES string of the molecule is CC/C=C\C/C=C\C/C=C\C/C=C\C/C=C\CCCCCC(=O)OCC(COC1OC(C(=O)O)C(O)C(O)C1OC(=O)CCCCCCCC/C=C\C/C=C\C/C=C\CCCCC)OC(=O)CCCC/C=C\C/C=C\C/C=C\C/C=C\CC. The average Bonchev–Trinajstić information content (AvgIpc) is 3.57. The van der Waals surface area contributed by atoms with E-state index >= 15 is 0 Å². The molecule has 0 aromatic heterocycles. The van der Waals surface area contributed by atoms with Crippen molar-refractivity contribution in [2.45, 2.75) is 263 Å². The summed E-state index contributed by atoms with van der Waals surface area (Å²) in [6.45, 7) is 5.67. The van der Waals surface area contributed by atoms with Gasteiger partial charge < -0.3 is 39.0 Å². The lowest BCUT2D eigenvalue weighted by molar-refractivity contribution is -0.301. The van der Waals surface area contributed by atoms with E-state index in [9.17, 15) is 34.5 Å². The minimum absolute atomic E-state index is 0.0289. The first-order chi connectivity index (χ1) is 40.6. The molecule has 0 radical (unpaired) electrons. The molecule has 6 unspecified atom stereocenters. The van der Waals surface area contributed by atoms with E-state index in [2.05, 4.69) is 167 Å². The molecular formula is C71H110O12. The summed E-state index contributed by atoms with van der Waals surface area (Å²) >= 11 is 0. The topological polar surface area (TPSA) is 175 Å². The van der Waals surface area contributed by atoms with E-state index in [4.69, 9.17) is 23.7 Å². The van der Waals surface area contributed by atoms with Crippen LogP contribution >= 0.6 is 0 Å². The smallest absolute Gasteiger partial charge is 0.335 e. The van der Waals surface area contributed by atoms with Crippen LogP contribution in [-0.2, 0) is 42.9 Å². The van der Waals surface area contributed by atoms with Crippen LogP contribution in [0.25, 0.3) is 0 Å². The van der Waals surface area contributed by atoms with Gasteiger partial charge in [0.2, 0.25) is 0 Å². The minimum Gasteiger partial charge on any atom is -0.479 e. The number of carboxylic acids is 1. The molecule has 0 aromatic rings. The van der Waals surface area contributed by atoms with Gasteiger partial charge in [0, 0.05) is 19.3 Å². The molecule has 466 valence electrons. The molecule has 1 heterocycles. The van der Waals surface area contributed by atoms with Crippen molar-refractivity contribution in [3.8, 4) is 0 Å². The number of aliphatic carboxylic acids is 1. The van der Waals surface area contributed by atoms with E-state index < -0.39 is 67.3 Å². The Bertz CT molecular complexity index is 2000. The predicted molar refractivity (Wildman–Crippen MR) is 339 cm³/mol. The molecule has 1 aliphatic rings. The zero-order chi connectivity index (χ0) is 60.3. The molecule has 6 atom stereocenters. The van der Waals surface area contributed by atoms with E-state index in [0.717, 1.165) is 148 Å². The summed E-state index contributed by atoms with van der Waals surface area (Å²) in [5.41, 5.74) is 0. The molecule has 0 amide bonds. The van der Waals surface area contributed by atoms with Gasteiger partial charge in [-0.25, -0.2) is 4.79 Å². The van der Waals surface area contributed by atoms with Crippen molar-refractivity contribution in [1.82, 2.24) is 0 Å². The largest absolute Gasteiger partial charge is 0.479 e. The van der Waals surface area contributed by atoms with Crippen LogP contribution in [0.2, 0.25) is 0 Å². The second-order valence-electron chi connectivity index (χ2n) is 20.9. The van der Waals surface area contributed by atoms with Crippen molar-refractivity contribution < 1.29 is 58.2 Å². The molecule has 12 nitrogen and oxygen atoms in total. The van der Waals surface area contributed by atoms with Gasteiger partial charge in [0.15, 0.2) is 24.6 Å². The van der Waals surface area contributed by atoms with Crippen LogP contribution in [0.5, 0.6) is 0 Å². The number of carbonyl (C=O) groups is 4. The third-order valence-electron chi connectivity index (χ3n) is 13.4. The van der Waals surface area contributed by atoms with Crippen LogP contribution in [0.3, 0.4) is 0 Å². The van der Waals surface area contributed by atoms with E-state index in [1.807, 2.05) is 0 Å². The maximum Gasteiger partial charge on any atom is 0.335 e. The third-order valence-corrected chi connectivity index (χ3v) is 13.4. The predicted octanol–water partition coefficient (Wildman–Crippen LogP) is 17.1. The molecule has 0 aliphatic carbocycles. The van der Waals surface area contributed by atoms with Crippen molar-refractivity contribution in [3.63, 3.8) is 0 Å². The fourth-order valence-electron chi connectivity index (χ4n) is 8.57. The molecule has 1 fully saturated rings. The lowest BCUT2D eigenvalue weighted by Crippen LogP contribution is -2.61. The summed E-state index contributed by atoms with van der Waals surface area (Å²) in [6, 6.07) is 0. The van der Waals surface area contributed by atoms with Gasteiger partial charge in [-0.05, 0) is 141 Å². The van der Waals surface area contributed by atoms with Gasteiger partial charge in [-0.2, -0.15) is 0 Å². The highest BCUT2D eigenvalue weighted by Crippen LogP contribution is 2.26. The summed E-state index contributed by atoms with van der Waals surface area (Å²) in [5.74, 6) is -3.26. The van der Waals surface area contributed by atoms with Crippen LogP contribution in [0.15, 0.2) is 146 Å². The van der Waals surface area contributed by atoms with Gasteiger partial charge in [0.1, 0.15) is 18.8 Å². The van der Waals surface area contributed by atoms with Crippen LogP contribution in [0.4, 0.5) is 0 Å². The van der Waals surface area contributed by atoms with E-state index in [0.29, 0.717) is 19.3 Å². The molecule has 0 saturated carbocycles. The fourth-order valence-corrected chi connectivity index (χ4v) is 8.57. The van der Waals surface area contributed by atoms with Crippen LogP contribution in [0.1, 0.15) is 226 Å². The van der Waals surface area contributed by atoms with Crippen molar-refractivity contribution in [2.24, 2.45) is 0 Å². The summed E-state index contributed by atoms with van der Waals surface area (Å²) in [7, 11) is 0. The maximum atomic E-state index is 13.2. The Morgan fingerprint density at radius 2 is 0.759 bits per heavy atom. The first-order valence-corrected chi connectivity index (χ1v) is 31.8. The van der Waals surface area contributed by atoms with Crippen molar-refractivity contribution in [3.05, 3.63) is 146 Å². The van der Waals surface area contributed by atoms with E-state index in [1.54, 1.807) is 0 Å². The van der Waals surface area contributed by atoms with Crippen molar-refractivity contribution in [1.29, 1.82) is 0 Å². The number of aliphatic hydroxyl groups excluding tert-OH is 2. The number of carbonyl (C=O) groups excluding carboxylic acids is 3. The highest BCUT2D eigenvalue weighted by molar-refractivity contribution is 5.74. The number of unbranched alkanes of at least 4 members (excludes halogenated alkanes) is 14. The van der Waals surface area contributed by atoms with Gasteiger partial charge in [-0.15, -0.1) is 0 Å². The number of aliphatic hydroxyl groups is 2. The molecule has 0 spiro atoms. The maximum absolute atomic E-state index is 13.2. The number of hydrogen-bond acceptors (Lipinski definition) is 11. The highest BCUT2D eigenvalue weighted by atomic mass is 16.7. The Morgan fingerprint density at radius 1 is 0.410 bits per heavy atom. The number of ether oxygens (including phenoxy) is 5. The minimum atomic E-state index is -1.93. The third kappa shape index (κ3) is 46.6. The van der Waals surface area contributed by atoms with Gasteiger partial charge >= 0.3 is 23.9 Å². The normalized spacial score (nSPS) is 18.6. The van der Waals surface area contributed by atoms with Crippen LogP contribution in [0, 0.1) is 0 Å². The number of esters is 3. The monoisotopic (exact) mass is 1150 g/mol. The quantitative estimate of drug-likeness (QED) is 0.0228. The summed E-state index contributed by atoms with van der Waals surface area (Å²) < 4.78 is 28.4. The van der Waals surface area contributed by atoms with Crippen molar-refractivity contribution >= 4 is 23.9 Å². The first-order valence-electron chi connectivity index (χ1n) is 31.8. The molecule has 1 aliphatic heterocycles. The summed E-state index contributed by atoms with van der Waals surface area (Å²) in [6.07, 6.45) is 69.5. The van der Waals surface area contributed by atoms with E-state index in [1.165, 1.54) is 19.3 Å². The Labute approximate surface area is 502 Å². The molecule has 12 heteroatoms. The fraction of sp³-hybridized carbons (Fsp3) is 0.606. The average molecular weight is 1160 g/mol. The zero-order valence-corrected chi connectivity index (χ0v) is 51.4. The zero-order valence-electron chi connectivity index (χ0n) is 51.4. The molecule has 0 aromatic carbocycles. The molecule has 3 N–H and O–H groups in total. The lowest BCUT2D eigenvalue weighted by Gasteiger charge is -2.40. The Hall–Kier alpha value is -5.40. The molecule has 83 heavy (non-hydrogen) atoms. The first kappa shape index (κ1) is 75.6. The van der Waals surface area contributed by atoms with Gasteiger partial charge in [-0.1, -0.05) is 212 Å². The molecule has 0 bridgehead atoms. The molecule has 1 saturated heterocycles. The van der Waals surface area contributed by atoms with Crippen LogP contribution < -0.4 is 0 Å².